The maximum absolute atomic E-state index is 14.0. The SMILES string of the molecule is CCCCCCOc1ccc(C2c3c(oc4ccc(C)cc4c3=O)C(=O)N2c2ccc(C(=O)OCCCC)cc2)cc1OC. The predicted octanol–water partition coefficient (Wildman–Crippen LogP) is 7.78. The first kappa shape index (κ1) is 30.9. The number of hydrogen-bond acceptors (Lipinski definition) is 7. The van der Waals surface area contributed by atoms with Crippen molar-refractivity contribution in [1.82, 2.24) is 0 Å². The zero-order valence-electron chi connectivity index (χ0n) is 25.8. The number of esters is 1. The molecule has 1 amide bonds. The van der Waals surface area contributed by atoms with E-state index in [9.17, 15) is 14.4 Å². The number of aryl methyl sites for hydroxylation is 1. The minimum absolute atomic E-state index is 0.00498. The van der Waals surface area contributed by atoms with Crippen LogP contribution in [0.1, 0.15) is 96.0 Å². The van der Waals surface area contributed by atoms with Crippen LogP contribution in [0.3, 0.4) is 0 Å². The van der Waals surface area contributed by atoms with Gasteiger partial charge in [-0.15, -0.1) is 0 Å². The van der Waals surface area contributed by atoms with E-state index in [4.69, 9.17) is 18.6 Å². The van der Waals surface area contributed by atoms with Crippen molar-refractivity contribution in [2.24, 2.45) is 0 Å². The highest BCUT2D eigenvalue weighted by Crippen LogP contribution is 2.43. The molecule has 3 aromatic carbocycles. The Bertz CT molecular complexity index is 1710. The van der Waals surface area contributed by atoms with Gasteiger partial charge in [0, 0.05) is 5.69 Å². The zero-order chi connectivity index (χ0) is 31.2. The van der Waals surface area contributed by atoms with Crippen molar-refractivity contribution in [1.29, 1.82) is 0 Å². The summed E-state index contributed by atoms with van der Waals surface area (Å²) >= 11 is 0. The van der Waals surface area contributed by atoms with Gasteiger partial charge in [0.05, 0.1) is 42.9 Å². The number of ether oxygens (including phenoxy) is 3. The van der Waals surface area contributed by atoms with Gasteiger partial charge in [-0.2, -0.15) is 0 Å². The molecule has 0 radical (unpaired) electrons. The molecule has 1 aliphatic rings. The molecule has 8 heteroatoms. The molecule has 5 rings (SSSR count). The van der Waals surface area contributed by atoms with Crippen LogP contribution in [0.4, 0.5) is 5.69 Å². The number of hydrogen-bond donors (Lipinski definition) is 0. The van der Waals surface area contributed by atoms with Crippen LogP contribution in [0.2, 0.25) is 0 Å². The number of carbonyl (C=O) groups is 2. The second-order valence-corrected chi connectivity index (χ2v) is 11.1. The summed E-state index contributed by atoms with van der Waals surface area (Å²) in [5.41, 5.74) is 2.79. The van der Waals surface area contributed by atoms with E-state index in [1.807, 2.05) is 32.0 Å². The van der Waals surface area contributed by atoms with Gasteiger partial charge in [0.15, 0.2) is 16.9 Å². The van der Waals surface area contributed by atoms with E-state index < -0.39 is 17.9 Å². The summed E-state index contributed by atoms with van der Waals surface area (Å²) in [5.74, 6) is 0.222. The van der Waals surface area contributed by atoms with Crippen LogP contribution in [-0.4, -0.2) is 32.2 Å². The number of unbranched alkanes of at least 4 members (excludes halogenated alkanes) is 4. The quantitative estimate of drug-likeness (QED) is 0.115. The normalized spacial score (nSPS) is 14.1. The smallest absolute Gasteiger partial charge is 0.338 e. The number of carbonyl (C=O) groups excluding carboxylic acids is 2. The number of amides is 1. The van der Waals surface area contributed by atoms with Gasteiger partial charge in [-0.25, -0.2) is 4.79 Å². The fourth-order valence-electron chi connectivity index (χ4n) is 5.50. The Kier molecular flexibility index (Phi) is 9.68. The third-order valence-corrected chi connectivity index (χ3v) is 7.90. The molecule has 1 unspecified atom stereocenters. The van der Waals surface area contributed by atoms with Crippen LogP contribution in [0, 0.1) is 6.92 Å². The van der Waals surface area contributed by atoms with E-state index in [0.29, 0.717) is 52.5 Å². The lowest BCUT2D eigenvalue weighted by atomic mass is 9.97. The van der Waals surface area contributed by atoms with Gasteiger partial charge in [0.25, 0.3) is 5.91 Å². The van der Waals surface area contributed by atoms with Crippen molar-refractivity contribution in [3.05, 3.63) is 98.9 Å². The van der Waals surface area contributed by atoms with Crippen molar-refractivity contribution in [3.63, 3.8) is 0 Å². The third-order valence-electron chi connectivity index (χ3n) is 7.90. The first-order valence-electron chi connectivity index (χ1n) is 15.4. The van der Waals surface area contributed by atoms with Crippen molar-refractivity contribution in [3.8, 4) is 11.5 Å². The molecule has 8 nitrogen and oxygen atoms in total. The summed E-state index contributed by atoms with van der Waals surface area (Å²) in [6.45, 7) is 7.01. The van der Waals surface area contributed by atoms with E-state index in [2.05, 4.69) is 6.92 Å². The maximum atomic E-state index is 14.0. The summed E-state index contributed by atoms with van der Waals surface area (Å²) in [7, 11) is 1.57. The fraction of sp³-hybridized carbons (Fsp3) is 0.361. The number of rotatable bonds is 13. The molecule has 0 bridgehead atoms. The summed E-state index contributed by atoms with van der Waals surface area (Å²) in [5, 5.41) is 0.410. The largest absolute Gasteiger partial charge is 0.493 e. The number of anilines is 1. The topological polar surface area (TPSA) is 95.3 Å². The van der Waals surface area contributed by atoms with Gasteiger partial charge in [-0.1, -0.05) is 57.2 Å². The molecule has 1 aliphatic heterocycles. The first-order valence-corrected chi connectivity index (χ1v) is 15.4. The summed E-state index contributed by atoms with van der Waals surface area (Å²) < 4.78 is 23.2. The molecular weight excluding hydrogens is 558 g/mol. The molecule has 0 spiro atoms. The zero-order valence-corrected chi connectivity index (χ0v) is 25.8. The second kappa shape index (κ2) is 13.8. The highest BCUT2D eigenvalue weighted by Gasteiger charge is 2.44. The Labute approximate surface area is 257 Å². The minimum Gasteiger partial charge on any atom is -0.493 e. The summed E-state index contributed by atoms with van der Waals surface area (Å²) in [6, 6.07) is 16.6. The van der Waals surface area contributed by atoms with E-state index in [-0.39, 0.29) is 16.8 Å². The molecule has 0 saturated carbocycles. The Morgan fingerprint density at radius 2 is 1.64 bits per heavy atom. The molecule has 1 atom stereocenters. The molecule has 4 aromatic rings. The number of nitrogens with zero attached hydrogens (tertiary/aromatic N) is 1. The lowest BCUT2D eigenvalue weighted by Crippen LogP contribution is -2.29. The van der Waals surface area contributed by atoms with Gasteiger partial charge in [0.1, 0.15) is 5.58 Å². The summed E-state index contributed by atoms with van der Waals surface area (Å²) in [4.78, 5) is 42.1. The molecular formula is C36H39NO7. The van der Waals surface area contributed by atoms with Gasteiger partial charge in [-0.05, 0) is 73.9 Å². The van der Waals surface area contributed by atoms with Gasteiger partial charge in [0.2, 0.25) is 5.76 Å². The maximum Gasteiger partial charge on any atom is 0.338 e. The number of fused-ring (bicyclic) bond motifs is 2. The van der Waals surface area contributed by atoms with E-state index in [1.54, 1.807) is 49.6 Å². The van der Waals surface area contributed by atoms with Gasteiger partial charge >= 0.3 is 5.97 Å². The third kappa shape index (κ3) is 6.20. The average Bonchev–Trinajstić information content (AvgIpc) is 3.33. The Balaban J connectivity index is 1.57. The molecule has 230 valence electrons. The van der Waals surface area contributed by atoms with Crippen LogP contribution in [0.15, 0.2) is 69.9 Å². The van der Waals surface area contributed by atoms with Crippen molar-refractivity contribution < 1.29 is 28.2 Å². The monoisotopic (exact) mass is 597 g/mol. The Hall–Kier alpha value is -4.59. The average molecular weight is 598 g/mol. The Morgan fingerprint density at radius 1 is 0.864 bits per heavy atom. The van der Waals surface area contributed by atoms with E-state index in [0.717, 1.165) is 44.1 Å². The van der Waals surface area contributed by atoms with Crippen LogP contribution < -0.4 is 19.8 Å². The fourth-order valence-corrected chi connectivity index (χ4v) is 5.50. The highest BCUT2D eigenvalue weighted by atomic mass is 16.5. The van der Waals surface area contributed by atoms with Crippen LogP contribution in [-0.2, 0) is 4.74 Å². The Morgan fingerprint density at radius 3 is 2.36 bits per heavy atom. The van der Waals surface area contributed by atoms with Crippen molar-refractivity contribution in [2.75, 3.05) is 25.2 Å². The highest BCUT2D eigenvalue weighted by molar-refractivity contribution is 6.11. The minimum atomic E-state index is -0.798. The number of methoxy groups -OCH3 is 1. The van der Waals surface area contributed by atoms with Crippen LogP contribution >= 0.6 is 0 Å². The molecule has 2 heterocycles. The second-order valence-electron chi connectivity index (χ2n) is 11.1. The summed E-state index contributed by atoms with van der Waals surface area (Å²) in [6.07, 6.45) is 6.03. The lowest BCUT2D eigenvalue weighted by Gasteiger charge is -2.26. The molecule has 0 aliphatic carbocycles. The number of benzene rings is 3. The molecule has 0 fully saturated rings. The molecule has 0 N–H and O–H groups in total. The molecule has 0 saturated heterocycles. The van der Waals surface area contributed by atoms with Crippen molar-refractivity contribution >= 4 is 28.5 Å². The van der Waals surface area contributed by atoms with E-state index in [1.165, 1.54) is 4.90 Å². The standard InChI is InChI=1S/C36H39NO7/c1-5-7-9-10-20-42-29-18-14-25(22-30(29)41-4)32-31-33(38)27-21-23(3)11-17-28(27)44-34(31)35(39)37(32)26-15-12-24(13-16-26)36(40)43-19-8-6-2/h11-18,21-22,32H,5-10,19-20H2,1-4H3. The molecule has 44 heavy (non-hydrogen) atoms. The van der Waals surface area contributed by atoms with Gasteiger partial charge in [-0.3, -0.25) is 14.5 Å². The first-order chi connectivity index (χ1) is 21.4. The van der Waals surface area contributed by atoms with Crippen molar-refractivity contribution in [2.45, 2.75) is 65.3 Å². The predicted molar refractivity (Wildman–Crippen MR) is 170 cm³/mol. The lowest BCUT2D eigenvalue weighted by molar-refractivity contribution is 0.0499. The van der Waals surface area contributed by atoms with Gasteiger partial charge < -0.3 is 18.6 Å². The van der Waals surface area contributed by atoms with Crippen LogP contribution in [0.5, 0.6) is 11.5 Å². The van der Waals surface area contributed by atoms with E-state index >= 15 is 0 Å². The van der Waals surface area contributed by atoms with Crippen LogP contribution in [0.25, 0.3) is 11.0 Å². The molecule has 1 aromatic heterocycles.